The number of rotatable bonds is 6. The van der Waals surface area contributed by atoms with Crippen LogP contribution in [0.4, 0.5) is 0 Å². The Morgan fingerprint density at radius 2 is 2.24 bits per heavy atom. The van der Waals surface area contributed by atoms with Gasteiger partial charge >= 0.3 is 0 Å². The van der Waals surface area contributed by atoms with Crippen LogP contribution in [-0.2, 0) is 6.54 Å². The maximum absolute atomic E-state index is 6.11. The molecule has 1 saturated carbocycles. The number of nitrogens with zero attached hydrogens (tertiary/aromatic N) is 1. The standard InChI is InChI=1S/C14H21BrN2/c1-17(8-7-14(16)12-5-6-12)10-11-3-2-4-13(15)9-11/h2-4,9,12,14H,5-8,10,16H2,1H3. The molecule has 0 radical (unpaired) electrons. The summed E-state index contributed by atoms with van der Waals surface area (Å²) in [6.07, 6.45) is 3.81. The van der Waals surface area contributed by atoms with E-state index in [1.807, 2.05) is 0 Å². The fourth-order valence-corrected chi connectivity index (χ4v) is 2.60. The second-order valence-electron chi connectivity index (χ2n) is 5.16. The summed E-state index contributed by atoms with van der Waals surface area (Å²) in [6.45, 7) is 2.08. The Balaban J connectivity index is 1.74. The molecule has 2 nitrogen and oxygen atoms in total. The summed E-state index contributed by atoms with van der Waals surface area (Å²) in [6, 6.07) is 8.91. The van der Waals surface area contributed by atoms with Gasteiger partial charge in [0.15, 0.2) is 0 Å². The first-order chi connectivity index (χ1) is 8.15. The molecule has 2 N–H and O–H groups in total. The third-order valence-corrected chi connectivity index (χ3v) is 3.91. The minimum Gasteiger partial charge on any atom is -0.327 e. The highest BCUT2D eigenvalue weighted by atomic mass is 79.9. The SMILES string of the molecule is CN(CCC(N)C1CC1)Cc1cccc(Br)c1. The van der Waals surface area contributed by atoms with Crippen LogP contribution in [0.15, 0.2) is 28.7 Å². The maximum atomic E-state index is 6.11. The van der Waals surface area contributed by atoms with Gasteiger partial charge in [-0.3, -0.25) is 0 Å². The number of hydrogen-bond donors (Lipinski definition) is 1. The third-order valence-electron chi connectivity index (χ3n) is 3.41. The van der Waals surface area contributed by atoms with E-state index in [0.29, 0.717) is 6.04 Å². The van der Waals surface area contributed by atoms with Gasteiger partial charge in [-0.25, -0.2) is 0 Å². The number of nitrogens with two attached hydrogens (primary N) is 1. The van der Waals surface area contributed by atoms with Crippen molar-refractivity contribution in [2.45, 2.75) is 31.8 Å². The summed E-state index contributed by atoms with van der Waals surface area (Å²) >= 11 is 3.50. The lowest BCUT2D eigenvalue weighted by molar-refractivity contribution is 0.305. The molecule has 1 atom stereocenters. The van der Waals surface area contributed by atoms with Gasteiger partial charge in [0.2, 0.25) is 0 Å². The molecule has 3 heteroatoms. The lowest BCUT2D eigenvalue weighted by atomic mass is 10.1. The van der Waals surface area contributed by atoms with Gasteiger partial charge < -0.3 is 10.6 Å². The topological polar surface area (TPSA) is 29.3 Å². The van der Waals surface area contributed by atoms with Gasteiger partial charge in [0.05, 0.1) is 0 Å². The average molecular weight is 297 g/mol. The van der Waals surface area contributed by atoms with Crippen LogP contribution in [0, 0.1) is 5.92 Å². The monoisotopic (exact) mass is 296 g/mol. The third kappa shape index (κ3) is 4.41. The molecule has 1 aromatic carbocycles. The molecule has 0 heterocycles. The summed E-state index contributed by atoms with van der Waals surface area (Å²) in [5.74, 6) is 0.814. The van der Waals surface area contributed by atoms with E-state index in [1.165, 1.54) is 18.4 Å². The average Bonchev–Trinajstić information content (AvgIpc) is 3.09. The molecule has 0 saturated heterocycles. The van der Waals surface area contributed by atoms with E-state index in [9.17, 15) is 0 Å². The van der Waals surface area contributed by atoms with Gasteiger partial charge in [-0.1, -0.05) is 28.1 Å². The van der Waals surface area contributed by atoms with Crippen molar-refractivity contribution in [3.8, 4) is 0 Å². The Labute approximate surface area is 112 Å². The van der Waals surface area contributed by atoms with Crippen LogP contribution in [0.1, 0.15) is 24.8 Å². The maximum Gasteiger partial charge on any atom is 0.0231 e. The van der Waals surface area contributed by atoms with Crippen LogP contribution in [-0.4, -0.2) is 24.5 Å². The second kappa shape index (κ2) is 5.98. The van der Waals surface area contributed by atoms with Crippen molar-refractivity contribution in [3.63, 3.8) is 0 Å². The van der Waals surface area contributed by atoms with E-state index in [-0.39, 0.29) is 0 Å². The van der Waals surface area contributed by atoms with Crippen molar-refractivity contribution in [2.24, 2.45) is 11.7 Å². The predicted molar refractivity (Wildman–Crippen MR) is 75.8 cm³/mol. The van der Waals surface area contributed by atoms with Crippen LogP contribution in [0.2, 0.25) is 0 Å². The summed E-state index contributed by atoms with van der Waals surface area (Å²) < 4.78 is 1.15. The summed E-state index contributed by atoms with van der Waals surface area (Å²) in [4.78, 5) is 2.35. The van der Waals surface area contributed by atoms with Gasteiger partial charge in [0.1, 0.15) is 0 Å². The first-order valence-corrected chi connectivity index (χ1v) is 7.13. The van der Waals surface area contributed by atoms with E-state index in [2.05, 4.69) is 52.1 Å². The lowest BCUT2D eigenvalue weighted by Gasteiger charge is -2.19. The molecule has 94 valence electrons. The van der Waals surface area contributed by atoms with E-state index >= 15 is 0 Å². The van der Waals surface area contributed by atoms with Crippen LogP contribution in [0.25, 0.3) is 0 Å². The predicted octanol–water partition coefficient (Wildman–Crippen LogP) is 3.01. The molecule has 1 aliphatic rings. The van der Waals surface area contributed by atoms with Crippen LogP contribution < -0.4 is 5.73 Å². The normalized spacial score (nSPS) is 17.4. The fourth-order valence-electron chi connectivity index (χ4n) is 2.16. The zero-order valence-electron chi connectivity index (χ0n) is 10.4. The highest BCUT2D eigenvalue weighted by molar-refractivity contribution is 9.10. The Hall–Kier alpha value is -0.380. The van der Waals surface area contributed by atoms with E-state index in [0.717, 1.165) is 29.9 Å². The zero-order valence-corrected chi connectivity index (χ0v) is 12.0. The van der Waals surface area contributed by atoms with Crippen molar-refractivity contribution >= 4 is 15.9 Å². The minimum atomic E-state index is 0.417. The number of halogens is 1. The molecule has 2 rings (SSSR count). The smallest absolute Gasteiger partial charge is 0.0231 e. The Bertz CT molecular complexity index is 363. The largest absolute Gasteiger partial charge is 0.327 e. The van der Waals surface area contributed by atoms with Crippen LogP contribution in [0.3, 0.4) is 0 Å². The van der Waals surface area contributed by atoms with Crippen LogP contribution in [0.5, 0.6) is 0 Å². The second-order valence-corrected chi connectivity index (χ2v) is 6.07. The number of benzene rings is 1. The highest BCUT2D eigenvalue weighted by Gasteiger charge is 2.28. The molecule has 0 amide bonds. The fraction of sp³-hybridized carbons (Fsp3) is 0.571. The number of hydrogen-bond acceptors (Lipinski definition) is 2. The van der Waals surface area contributed by atoms with Crippen LogP contribution >= 0.6 is 15.9 Å². The molecular formula is C14H21BrN2. The molecule has 0 spiro atoms. The molecule has 1 fully saturated rings. The van der Waals surface area contributed by atoms with Gasteiger partial charge in [-0.15, -0.1) is 0 Å². The molecular weight excluding hydrogens is 276 g/mol. The van der Waals surface area contributed by atoms with Crippen molar-refractivity contribution in [2.75, 3.05) is 13.6 Å². The van der Waals surface area contributed by atoms with Crippen molar-refractivity contribution in [1.82, 2.24) is 4.90 Å². The minimum absolute atomic E-state index is 0.417. The first kappa shape index (κ1) is 13.1. The van der Waals surface area contributed by atoms with Gasteiger partial charge in [-0.2, -0.15) is 0 Å². The molecule has 0 bridgehead atoms. The Morgan fingerprint density at radius 3 is 2.88 bits per heavy atom. The summed E-state index contributed by atoms with van der Waals surface area (Å²) in [5.41, 5.74) is 7.46. The van der Waals surface area contributed by atoms with Crippen molar-refractivity contribution in [1.29, 1.82) is 0 Å². The van der Waals surface area contributed by atoms with E-state index < -0.39 is 0 Å². The molecule has 1 aliphatic carbocycles. The Kier molecular flexibility index (Phi) is 4.60. The quantitative estimate of drug-likeness (QED) is 0.874. The van der Waals surface area contributed by atoms with E-state index in [1.54, 1.807) is 0 Å². The zero-order chi connectivity index (χ0) is 12.3. The van der Waals surface area contributed by atoms with Gasteiger partial charge in [0.25, 0.3) is 0 Å². The van der Waals surface area contributed by atoms with E-state index in [4.69, 9.17) is 5.73 Å². The van der Waals surface area contributed by atoms with Gasteiger partial charge in [0, 0.05) is 17.1 Å². The summed E-state index contributed by atoms with van der Waals surface area (Å²) in [7, 11) is 2.17. The van der Waals surface area contributed by atoms with Gasteiger partial charge in [-0.05, 0) is 56.5 Å². The Morgan fingerprint density at radius 1 is 1.47 bits per heavy atom. The first-order valence-electron chi connectivity index (χ1n) is 6.33. The highest BCUT2D eigenvalue weighted by Crippen LogP contribution is 2.32. The summed E-state index contributed by atoms with van der Waals surface area (Å²) in [5, 5.41) is 0. The lowest BCUT2D eigenvalue weighted by Crippen LogP contribution is -2.29. The molecule has 17 heavy (non-hydrogen) atoms. The molecule has 0 aromatic heterocycles. The van der Waals surface area contributed by atoms with Crippen molar-refractivity contribution < 1.29 is 0 Å². The molecule has 0 aliphatic heterocycles. The molecule has 1 aromatic rings. The molecule has 1 unspecified atom stereocenters. The van der Waals surface area contributed by atoms with Crippen molar-refractivity contribution in [3.05, 3.63) is 34.3 Å².